The topological polar surface area (TPSA) is 91.1 Å². The number of amides is 1. The number of carbonyl (C=O) groups excluding carboxylic acids is 1. The molecule has 6 heteroatoms. The fourth-order valence-electron chi connectivity index (χ4n) is 1.67. The Kier molecular flexibility index (Phi) is 5.37. The maximum absolute atomic E-state index is 11.8. The Morgan fingerprint density at radius 3 is 2.09 bits per heavy atom. The number of nitrogens with zero attached hydrogens (tertiary/aromatic N) is 2. The summed E-state index contributed by atoms with van der Waals surface area (Å²) < 4.78 is 0. The quantitative estimate of drug-likeness (QED) is 0.801. The van der Waals surface area contributed by atoms with Gasteiger partial charge in [0.25, 0.3) is 5.91 Å². The number of azo groups is 1. The van der Waals surface area contributed by atoms with E-state index in [1.54, 1.807) is 24.3 Å². The van der Waals surface area contributed by atoms with Gasteiger partial charge in [-0.3, -0.25) is 9.59 Å². The molecule has 0 saturated carbocycles. The largest absolute Gasteiger partial charge is 0.481 e. The zero-order chi connectivity index (χ0) is 15.8. The first-order chi connectivity index (χ1) is 10.6. The zero-order valence-electron chi connectivity index (χ0n) is 11.8. The second-order valence-corrected chi connectivity index (χ2v) is 4.48. The van der Waals surface area contributed by atoms with Crippen LogP contribution < -0.4 is 5.32 Å². The van der Waals surface area contributed by atoms with Crippen LogP contribution in [0, 0.1) is 0 Å². The average molecular weight is 297 g/mol. The standard InChI is InChI=1S/C16H15N3O3/c20-15(21)10-11-17-16(22)12-6-8-14(9-7-12)19-18-13-4-2-1-3-5-13/h1-9H,10-11H2,(H,17,22)(H,20,21). The molecule has 6 nitrogen and oxygen atoms in total. The highest BCUT2D eigenvalue weighted by atomic mass is 16.4. The summed E-state index contributed by atoms with van der Waals surface area (Å²) in [6.07, 6.45) is -0.102. The van der Waals surface area contributed by atoms with Gasteiger partial charge >= 0.3 is 5.97 Å². The van der Waals surface area contributed by atoms with Gasteiger partial charge in [-0.05, 0) is 36.4 Å². The minimum Gasteiger partial charge on any atom is -0.481 e. The lowest BCUT2D eigenvalue weighted by atomic mass is 10.2. The molecule has 0 unspecified atom stereocenters. The molecule has 2 aromatic carbocycles. The maximum Gasteiger partial charge on any atom is 0.305 e. The van der Waals surface area contributed by atoms with E-state index in [2.05, 4.69) is 15.5 Å². The number of carbonyl (C=O) groups is 2. The van der Waals surface area contributed by atoms with E-state index >= 15 is 0 Å². The smallest absolute Gasteiger partial charge is 0.305 e. The summed E-state index contributed by atoms with van der Waals surface area (Å²) in [5.74, 6) is -1.26. The molecule has 0 aromatic heterocycles. The van der Waals surface area contributed by atoms with Gasteiger partial charge in [-0.15, -0.1) is 0 Å². The van der Waals surface area contributed by atoms with E-state index < -0.39 is 5.97 Å². The molecule has 112 valence electrons. The number of nitrogens with one attached hydrogen (secondary N) is 1. The van der Waals surface area contributed by atoms with Crippen LogP contribution in [-0.2, 0) is 4.79 Å². The van der Waals surface area contributed by atoms with Gasteiger partial charge in [-0.1, -0.05) is 18.2 Å². The third kappa shape index (κ3) is 4.82. The Labute approximate surface area is 127 Å². The van der Waals surface area contributed by atoms with Gasteiger partial charge < -0.3 is 10.4 Å². The normalized spacial score (nSPS) is 10.5. The predicted octanol–water partition coefficient (Wildman–Crippen LogP) is 3.31. The highest BCUT2D eigenvalue weighted by molar-refractivity contribution is 5.94. The van der Waals surface area contributed by atoms with Gasteiger partial charge in [0.2, 0.25) is 0 Å². The van der Waals surface area contributed by atoms with Crippen molar-refractivity contribution in [1.29, 1.82) is 0 Å². The van der Waals surface area contributed by atoms with Crippen LogP contribution in [0.3, 0.4) is 0 Å². The second kappa shape index (κ2) is 7.68. The van der Waals surface area contributed by atoms with E-state index in [9.17, 15) is 9.59 Å². The molecule has 0 atom stereocenters. The van der Waals surface area contributed by atoms with E-state index in [1.165, 1.54) is 0 Å². The van der Waals surface area contributed by atoms with Gasteiger partial charge in [0.15, 0.2) is 0 Å². The lowest BCUT2D eigenvalue weighted by Crippen LogP contribution is -2.25. The van der Waals surface area contributed by atoms with Crippen LogP contribution in [0.5, 0.6) is 0 Å². The van der Waals surface area contributed by atoms with Crippen LogP contribution in [0.15, 0.2) is 64.8 Å². The van der Waals surface area contributed by atoms with Crippen LogP contribution in [0.1, 0.15) is 16.8 Å². The summed E-state index contributed by atoms with van der Waals surface area (Å²) in [5, 5.41) is 19.2. The number of rotatable bonds is 6. The van der Waals surface area contributed by atoms with Crippen molar-refractivity contribution >= 4 is 23.3 Å². The van der Waals surface area contributed by atoms with Crippen LogP contribution in [0.25, 0.3) is 0 Å². The van der Waals surface area contributed by atoms with Crippen molar-refractivity contribution < 1.29 is 14.7 Å². The Balaban J connectivity index is 1.94. The fraction of sp³-hybridized carbons (Fsp3) is 0.125. The SMILES string of the molecule is O=C(O)CCNC(=O)c1ccc(N=Nc2ccccc2)cc1. The van der Waals surface area contributed by atoms with Gasteiger partial charge in [-0.2, -0.15) is 10.2 Å². The fourth-order valence-corrected chi connectivity index (χ4v) is 1.67. The van der Waals surface area contributed by atoms with E-state index in [1.807, 2.05) is 30.3 Å². The van der Waals surface area contributed by atoms with Crippen LogP contribution in [0.2, 0.25) is 0 Å². The Hall–Kier alpha value is -3.02. The molecular weight excluding hydrogens is 282 g/mol. The van der Waals surface area contributed by atoms with Gasteiger partial charge in [0.1, 0.15) is 0 Å². The van der Waals surface area contributed by atoms with Crippen molar-refractivity contribution in [2.75, 3.05) is 6.54 Å². The highest BCUT2D eigenvalue weighted by Crippen LogP contribution is 2.18. The zero-order valence-corrected chi connectivity index (χ0v) is 11.8. The van der Waals surface area contributed by atoms with Gasteiger partial charge in [-0.25, -0.2) is 0 Å². The molecule has 0 spiro atoms. The molecule has 0 radical (unpaired) electrons. The number of carboxylic acid groups (broad SMARTS) is 1. The molecule has 2 aromatic rings. The molecule has 22 heavy (non-hydrogen) atoms. The van der Waals surface area contributed by atoms with Crippen molar-refractivity contribution in [3.63, 3.8) is 0 Å². The molecule has 0 fully saturated rings. The molecule has 0 aliphatic rings. The van der Waals surface area contributed by atoms with Crippen molar-refractivity contribution in [2.45, 2.75) is 6.42 Å². The Morgan fingerprint density at radius 1 is 0.909 bits per heavy atom. The molecule has 2 rings (SSSR count). The molecule has 0 aliphatic heterocycles. The average Bonchev–Trinajstić information content (AvgIpc) is 2.54. The lowest BCUT2D eigenvalue weighted by Gasteiger charge is -2.03. The van der Waals surface area contributed by atoms with E-state index in [0.29, 0.717) is 11.3 Å². The summed E-state index contributed by atoms with van der Waals surface area (Å²) in [5.41, 5.74) is 1.83. The monoisotopic (exact) mass is 297 g/mol. The van der Waals surface area contributed by atoms with Crippen molar-refractivity contribution in [3.8, 4) is 0 Å². The summed E-state index contributed by atoms with van der Waals surface area (Å²) >= 11 is 0. The summed E-state index contributed by atoms with van der Waals surface area (Å²) in [6, 6.07) is 15.9. The molecule has 1 amide bonds. The molecular formula is C16H15N3O3. The Bertz CT molecular complexity index is 667. The summed E-state index contributed by atoms with van der Waals surface area (Å²) in [7, 11) is 0. The maximum atomic E-state index is 11.8. The molecule has 0 bridgehead atoms. The minimum atomic E-state index is -0.947. The van der Waals surface area contributed by atoms with Gasteiger partial charge in [0, 0.05) is 12.1 Å². The van der Waals surface area contributed by atoms with Crippen LogP contribution in [-0.4, -0.2) is 23.5 Å². The number of benzene rings is 2. The minimum absolute atomic E-state index is 0.101. The molecule has 0 saturated heterocycles. The molecule has 2 N–H and O–H groups in total. The molecule has 0 aliphatic carbocycles. The predicted molar refractivity (Wildman–Crippen MR) is 81.6 cm³/mol. The van der Waals surface area contributed by atoms with Crippen molar-refractivity contribution in [1.82, 2.24) is 5.32 Å². The van der Waals surface area contributed by atoms with E-state index in [-0.39, 0.29) is 18.9 Å². The lowest BCUT2D eigenvalue weighted by molar-refractivity contribution is -0.136. The number of aliphatic carboxylic acids is 1. The summed E-state index contributed by atoms with van der Waals surface area (Å²) in [6.45, 7) is 0.101. The first-order valence-corrected chi connectivity index (χ1v) is 6.72. The number of carboxylic acids is 1. The van der Waals surface area contributed by atoms with E-state index in [0.717, 1.165) is 5.69 Å². The third-order valence-corrected chi connectivity index (χ3v) is 2.79. The van der Waals surface area contributed by atoms with Crippen molar-refractivity contribution in [2.24, 2.45) is 10.2 Å². The first kappa shape index (κ1) is 15.4. The number of hydrogen-bond donors (Lipinski definition) is 2. The first-order valence-electron chi connectivity index (χ1n) is 6.72. The van der Waals surface area contributed by atoms with E-state index in [4.69, 9.17) is 5.11 Å². The second-order valence-electron chi connectivity index (χ2n) is 4.48. The number of hydrogen-bond acceptors (Lipinski definition) is 4. The van der Waals surface area contributed by atoms with Crippen molar-refractivity contribution in [3.05, 3.63) is 60.2 Å². The van der Waals surface area contributed by atoms with Crippen LogP contribution in [0.4, 0.5) is 11.4 Å². The summed E-state index contributed by atoms with van der Waals surface area (Å²) in [4.78, 5) is 22.1. The van der Waals surface area contributed by atoms with Crippen LogP contribution >= 0.6 is 0 Å². The van der Waals surface area contributed by atoms with Gasteiger partial charge in [0.05, 0.1) is 17.8 Å². The Morgan fingerprint density at radius 2 is 1.50 bits per heavy atom. The highest BCUT2D eigenvalue weighted by Gasteiger charge is 2.05. The molecule has 0 heterocycles. The third-order valence-electron chi connectivity index (χ3n) is 2.79.